The van der Waals surface area contributed by atoms with Crippen molar-refractivity contribution >= 4 is 11.6 Å². The van der Waals surface area contributed by atoms with Gasteiger partial charge < -0.3 is 15.4 Å². The predicted molar refractivity (Wildman–Crippen MR) is 91.8 cm³/mol. The number of amides is 1. The summed E-state index contributed by atoms with van der Waals surface area (Å²) in [6, 6.07) is 9.67. The number of nitrogens with one attached hydrogen (secondary N) is 2. The molecule has 0 aliphatic rings. The van der Waals surface area contributed by atoms with E-state index in [4.69, 9.17) is 4.74 Å². The van der Waals surface area contributed by atoms with E-state index in [0.717, 1.165) is 29.8 Å². The minimum absolute atomic E-state index is 0.0842. The highest BCUT2D eigenvalue weighted by Gasteiger charge is 2.06. The van der Waals surface area contributed by atoms with Gasteiger partial charge in [-0.05, 0) is 30.2 Å². The topological polar surface area (TPSA) is 63.2 Å². The van der Waals surface area contributed by atoms with Gasteiger partial charge in [-0.15, -0.1) is 0 Å². The first kappa shape index (κ1) is 16.8. The van der Waals surface area contributed by atoms with Crippen molar-refractivity contribution in [2.75, 3.05) is 19.0 Å². The summed E-state index contributed by atoms with van der Waals surface area (Å²) in [6.07, 6.45) is 5.34. The van der Waals surface area contributed by atoms with Crippen LogP contribution in [0.25, 0.3) is 0 Å². The molecule has 0 aliphatic carbocycles. The van der Waals surface area contributed by atoms with E-state index in [1.54, 1.807) is 19.5 Å². The molecule has 0 fully saturated rings. The Morgan fingerprint density at radius 1 is 1.22 bits per heavy atom. The number of carbonyl (C=O) groups excluding carboxylic acids is 1. The van der Waals surface area contributed by atoms with E-state index in [1.165, 1.54) is 0 Å². The largest absolute Gasteiger partial charge is 0.497 e. The van der Waals surface area contributed by atoms with Gasteiger partial charge in [-0.2, -0.15) is 0 Å². The molecule has 1 aromatic heterocycles. The van der Waals surface area contributed by atoms with Crippen molar-refractivity contribution in [2.45, 2.75) is 26.3 Å². The maximum absolute atomic E-state index is 12.0. The Labute approximate surface area is 137 Å². The number of carbonyl (C=O) groups is 1. The first-order valence-electron chi connectivity index (χ1n) is 7.83. The van der Waals surface area contributed by atoms with Crippen molar-refractivity contribution in [1.82, 2.24) is 10.3 Å². The van der Waals surface area contributed by atoms with Gasteiger partial charge in [0.05, 0.1) is 18.4 Å². The second-order valence-electron chi connectivity index (χ2n) is 5.27. The van der Waals surface area contributed by atoms with Crippen LogP contribution in [0, 0.1) is 0 Å². The molecule has 0 atom stereocenters. The highest BCUT2D eigenvalue weighted by Crippen LogP contribution is 2.14. The van der Waals surface area contributed by atoms with E-state index in [9.17, 15) is 4.79 Å². The van der Waals surface area contributed by atoms with E-state index in [2.05, 4.69) is 22.5 Å². The summed E-state index contributed by atoms with van der Waals surface area (Å²) in [5, 5.41) is 6.17. The third-order valence-electron chi connectivity index (χ3n) is 3.47. The molecule has 0 unspecified atom stereocenters. The first-order chi connectivity index (χ1) is 11.2. The second-order valence-corrected chi connectivity index (χ2v) is 5.27. The molecule has 2 rings (SSSR count). The smallest absolute Gasteiger partial charge is 0.252 e. The number of benzene rings is 1. The fraction of sp³-hybridized carbons (Fsp3) is 0.333. The van der Waals surface area contributed by atoms with Gasteiger partial charge in [-0.1, -0.05) is 25.5 Å². The van der Waals surface area contributed by atoms with E-state index in [-0.39, 0.29) is 5.91 Å². The number of hydrogen-bond acceptors (Lipinski definition) is 4. The number of unbranched alkanes of at least 4 members (excludes halogenated alkanes) is 1. The molecule has 23 heavy (non-hydrogen) atoms. The Morgan fingerprint density at radius 3 is 2.70 bits per heavy atom. The molecule has 1 amide bonds. The zero-order valence-electron chi connectivity index (χ0n) is 13.6. The molecule has 122 valence electrons. The lowest BCUT2D eigenvalue weighted by Gasteiger charge is -2.09. The fourth-order valence-corrected chi connectivity index (χ4v) is 2.09. The lowest BCUT2D eigenvalue weighted by atomic mass is 10.2. The van der Waals surface area contributed by atoms with E-state index in [1.807, 2.05) is 30.3 Å². The van der Waals surface area contributed by atoms with Gasteiger partial charge in [0, 0.05) is 25.5 Å². The summed E-state index contributed by atoms with van der Waals surface area (Å²) < 4.78 is 5.14. The van der Waals surface area contributed by atoms with Crippen molar-refractivity contribution < 1.29 is 9.53 Å². The highest BCUT2D eigenvalue weighted by atomic mass is 16.5. The Bertz CT molecular complexity index is 626. The molecule has 0 saturated heterocycles. The standard InChI is InChI=1S/C18H23N3O2/c1-3-4-9-20-18(22)15-10-16(13-19-12-15)21-11-14-5-7-17(23-2)8-6-14/h5-8,10,12-13,21H,3-4,9,11H2,1-2H3,(H,20,22). The van der Waals surface area contributed by atoms with E-state index >= 15 is 0 Å². The van der Waals surface area contributed by atoms with Crippen LogP contribution in [0.3, 0.4) is 0 Å². The van der Waals surface area contributed by atoms with E-state index in [0.29, 0.717) is 18.7 Å². The number of hydrogen-bond donors (Lipinski definition) is 2. The first-order valence-corrected chi connectivity index (χ1v) is 7.83. The Kier molecular flexibility index (Phi) is 6.41. The van der Waals surface area contributed by atoms with Crippen molar-refractivity contribution in [1.29, 1.82) is 0 Å². The number of ether oxygens (including phenoxy) is 1. The van der Waals surface area contributed by atoms with Crippen molar-refractivity contribution in [3.8, 4) is 5.75 Å². The quantitative estimate of drug-likeness (QED) is 0.734. The van der Waals surface area contributed by atoms with Crippen LogP contribution < -0.4 is 15.4 Å². The minimum Gasteiger partial charge on any atom is -0.497 e. The molecule has 5 nitrogen and oxygen atoms in total. The second kappa shape index (κ2) is 8.78. The normalized spacial score (nSPS) is 10.2. The van der Waals surface area contributed by atoms with Crippen LogP contribution in [-0.4, -0.2) is 24.5 Å². The lowest BCUT2D eigenvalue weighted by Crippen LogP contribution is -2.24. The monoisotopic (exact) mass is 313 g/mol. The SMILES string of the molecule is CCCCNC(=O)c1cncc(NCc2ccc(OC)cc2)c1. The van der Waals surface area contributed by atoms with Crippen molar-refractivity contribution in [3.05, 3.63) is 53.9 Å². The molecule has 0 saturated carbocycles. The van der Waals surface area contributed by atoms with Crippen LogP contribution in [0.15, 0.2) is 42.7 Å². The number of rotatable bonds is 8. The van der Waals surface area contributed by atoms with Crippen LogP contribution in [-0.2, 0) is 6.54 Å². The van der Waals surface area contributed by atoms with Crippen LogP contribution >= 0.6 is 0 Å². The third kappa shape index (κ3) is 5.29. The lowest BCUT2D eigenvalue weighted by molar-refractivity contribution is 0.0953. The average Bonchev–Trinajstić information content (AvgIpc) is 2.61. The Hall–Kier alpha value is -2.56. The van der Waals surface area contributed by atoms with Gasteiger partial charge in [0.2, 0.25) is 0 Å². The molecule has 0 aliphatic heterocycles. The van der Waals surface area contributed by atoms with E-state index < -0.39 is 0 Å². The summed E-state index contributed by atoms with van der Waals surface area (Å²) in [7, 11) is 1.65. The summed E-state index contributed by atoms with van der Waals surface area (Å²) in [4.78, 5) is 16.2. The summed E-state index contributed by atoms with van der Waals surface area (Å²) >= 11 is 0. The zero-order valence-corrected chi connectivity index (χ0v) is 13.6. The molecular weight excluding hydrogens is 290 g/mol. The summed E-state index contributed by atoms with van der Waals surface area (Å²) in [6.45, 7) is 3.45. The summed E-state index contributed by atoms with van der Waals surface area (Å²) in [5.74, 6) is 0.750. The van der Waals surface area contributed by atoms with Gasteiger partial charge in [0.25, 0.3) is 5.91 Å². The molecule has 5 heteroatoms. The van der Waals surface area contributed by atoms with Crippen LogP contribution in [0.5, 0.6) is 5.75 Å². The molecule has 2 N–H and O–H groups in total. The summed E-state index contributed by atoms with van der Waals surface area (Å²) in [5.41, 5.74) is 2.52. The van der Waals surface area contributed by atoms with Crippen LogP contribution in [0.4, 0.5) is 5.69 Å². The average molecular weight is 313 g/mol. The Morgan fingerprint density at radius 2 is 2.00 bits per heavy atom. The highest BCUT2D eigenvalue weighted by molar-refractivity contribution is 5.94. The molecule has 0 spiro atoms. The van der Waals surface area contributed by atoms with Gasteiger partial charge in [0.1, 0.15) is 5.75 Å². The maximum atomic E-state index is 12.0. The number of aromatic nitrogens is 1. The van der Waals surface area contributed by atoms with Crippen LogP contribution in [0.1, 0.15) is 35.7 Å². The fourth-order valence-electron chi connectivity index (χ4n) is 2.09. The van der Waals surface area contributed by atoms with Crippen molar-refractivity contribution in [2.24, 2.45) is 0 Å². The van der Waals surface area contributed by atoms with Crippen LogP contribution in [0.2, 0.25) is 0 Å². The molecule has 1 heterocycles. The van der Waals surface area contributed by atoms with Gasteiger partial charge in [-0.25, -0.2) is 0 Å². The molecule has 0 radical (unpaired) electrons. The van der Waals surface area contributed by atoms with Gasteiger partial charge >= 0.3 is 0 Å². The van der Waals surface area contributed by atoms with Gasteiger partial charge in [0.15, 0.2) is 0 Å². The van der Waals surface area contributed by atoms with Gasteiger partial charge in [-0.3, -0.25) is 9.78 Å². The predicted octanol–water partition coefficient (Wildman–Crippen LogP) is 3.23. The molecule has 2 aromatic rings. The molecule has 0 bridgehead atoms. The minimum atomic E-state index is -0.0842. The molecular formula is C18H23N3O2. The number of pyridine rings is 1. The number of methoxy groups -OCH3 is 1. The zero-order chi connectivity index (χ0) is 16.5. The number of anilines is 1. The maximum Gasteiger partial charge on any atom is 0.252 e. The number of nitrogens with zero attached hydrogens (tertiary/aromatic N) is 1. The molecule has 1 aromatic carbocycles. The van der Waals surface area contributed by atoms with Crippen molar-refractivity contribution in [3.63, 3.8) is 0 Å². The Balaban J connectivity index is 1.92. The third-order valence-corrected chi connectivity index (χ3v) is 3.47.